The van der Waals surface area contributed by atoms with Gasteiger partial charge in [-0.15, -0.1) is 0 Å². The molecule has 3 aromatic rings. The number of hydrogen-bond acceptors (Lipinski definition) is 8. The molecule has 2 aromatic carbocycles. The standard InChI is InChI=1S/C29H37N5O7S/c1-18-15-34(19(2)17-35)27(36)14-22-13-23(32-42(38,39)24-9-7-6-8-10-24)11-12-25(22)40-26(18)16-33(5)29(37)30-28-20(3)31-41-21(28)4/h6-13,18-19,26,32,35H,14-17H2,1-5H3,(H,30,37)/t18-,19+,26-/m0/s1. The van der Waals surface area contributed by atoms with Crippen molar-refractivity contribution < 1.29 is 32.4 Å². The largest absolute Gasteiger partial charge is 0.488 e. The molecule has 1 aliphatic rings. The van der Waals surface area contributed by atoms with E-state index in [1.807, 2.05) is 6.92 Å². The number of amides is 3. The summed E-state index contributed by atoms with van der Waals surface area (Å²) < 4.78 is 40.0. The fourth-order valence-corrected chi connectivity index (χ4v) is 5.81. The van der Waals surface area contributed by atoms with Gasteiger partial charge in [-0.2, -0.15) is 0 Å². The average Bonchev–Trinajstić information content (AvgIpc) is 3.29. The number of carbonyl (C=O) groups is 2. The van der Waals surface area contributed by atoms with Crippen LogP contribution in [0.25, 0.3) is 0 Å². The molecule has 12 nitrogen and oxygen atoms in total. The monoisotopic (exact) mass is 599 g/mol. The SMILES string of the molecule is Cc1noc(C)c1NC(=O)N(C)C[C@@H]1Oc2ccc(NS(=O)(=O)c3ccccc3)cc2CC(=O)N([C@H](C)CO)C[C@@H]1C. The topological polar surface area (TPSA) is 154 Å². The molecule has 1 aromatic heterocycles. The zero-order chi connectivity index (χ0) is 30.6. The van der Waals surface area contributed by atoms with E-state index in [1.165, 1.54) is 17.0 Å². The number of anilines is 2. The van der Waals surface area contributed by atoms with Crippen LogP contribution in [-0.4, -0.2) is 79.3 Å². The number of sulfonamides is 1. The zero-order valence-corrected chi connectivity index (χ0v) is 25.1. The molecular weight excluding hydrogens is 562 g/mol. The van der Waals surface area contributed by atoms with Gasteiger partial charge in [0.05, 0.1) is 30.5 Å². The van der Waals surface area contributed by atoms with Crippen molar-refractivity contribution in [3.8, 4) is 5.75 Å². The summed E-state index contributed by atoms with van der Waals surface area (Å²) in [6, 6.07) is 11.9. The minimum atomic E-state index is -3.86. The van der Waals surface area contributed by atoms with Crippen molar-refractivity contribution in [2.45, 2.75) is 51.2 Å². The minimum Gasteiger partial charge on any atom is -0.488 e. The second-order valence-electron chi connectivity index (χ2n) is 10.6. The van der Waals surface area contributed by atoms with Crippen molar-refractivity contribution in [2.24, 2.45) is 5.92 Å². The quantitative estimate of drug-likeness (QED) is 0.356. The third-order valence-electron chi connectivity index (χ3n) is 7.29. The van der Waals surface area contributed by atoms with Crippen molar-refractivity contribution in [3.05, 3.63) is 65.5 Å². The molecule has 1 aliphatic heterocycles. The van der Waals surface area contributed by atoms with Crippen LogP contribution >= 0.6 is 0 Å². The molecule has 0 radical (unpaired) electrons. The Morgan fingerprint density at radius 2 is 1.93 bits per heavy atom. The highest BCUT2D eigenvalue weighted by atomic mass is 32.2. The van der Waals surface area contributed by atoms with Crippen molar-refractivity contribution in [2.75, 3.05) is 36.8 Å². The normalized spacial score (nSPS) is 18.1. The average molecular weight is 600 g/mol. The second kappa shape index (κ2) is 12.8. The van der Waals surface area contributed by atoms with E-state index >= 15 is 0 Å². The Hall–Kier alpha value is -4.10. The van der Waals surface area contributed by atoms with Gasteiger partial charge in [0.15, 0.2) is 5.76 Å². The molecule has 42 heavy (non-hydrogen) atoms. The van der Waals surface area contributed by atoms with Crippen molar-refractivity contribution in [1.82, 2.24) is 15.0 Å². The van der Waals surface area contributed by atoms with Gasteiger partial charge in [0.25, 0.3) is 10.0 Å². The summed E-state index contributed by atoms with van der Waals surface area (Å²) in [5, 5.41) is 16.6. The summed E-state index contributed by atoms with van der Waals surface area (Å²) in [7, 11) is -2.22. The molecular formula is C29H37N5O7S. The molecule has 3 atom stereocenters. The summed E-state index contributed by atoms with van der Waals surface area (Å²) in [6.45, 7) is 7.34. The predicted molar refractivity (Wildman–Crippen MR) is 157 cm³/mol. The Balaban J connectivity index is 1.62. The third kappa shape index (κ3) is 7.02. The highest BCUT2D eigenvalue weighted by molar-refractivity contribution is 7.92. The first-order valence-corrected chi connectivity index (χ1v) is 15.1. The molecule has 226 valence electrons. The number of aliphatic hydroxyl groups excluding tert-OH is 1. The minimum absolute atomic E-state index is 0.0671. The summed E-state index contributed by atoms with van der Waals surface area (Å²) in [6.07, 6.45) is -0.613. The van der Waals surface area contributed by atoms with Gasteiger partial charge in [-0.3, -0.25) is 9.52 Å². The Bertz CT molecular complexity index is 1510. The number of urea groups is 1. The molecule has 0 spiro atoms. The molecule has 0 saturated carbocycles. The van der Waals surface area contributed by atoms with Crippen molar-refractivity contribution in [1.29, 1.82) is 0 Å². The lowest BCUT2D eigenvalue weighted by Crippen LogP contribution is -2.48. The first-order valence-electron chi connectivity index (χ1n) is 13.6. The summed E-state index contributed by atoms with van der Waals surface area (Å²) in [4.78, 5) is 29.7. The lowest BCUT2D eigenvalue weighted by Gasteiger charge is -2.34. The number of carbonyl (C=O) groups excluding carboxylic acids is 2. The van der Waals surface area contributed by atoms with Crippen LogP contribution in [0.1, 0.15) is 30.9 Å². The van der Waals surface area contributed by atoms with Gasteiger partial charge in [-0.25, -0.2) is 13.2 Å². The van der Waals surface area contributed by atoms with E-state index in [2.05, 4.69) is 15.2 Å². The maximum Gasteiger partial charge on any atom is 0.321 e. The maximum absolute atomic E-state index is 13.5. The van der Waals surface area contributed by atoms with E-state index in [4.69, 9.17) is 9.26 Å². The van der Waals surface area contributed by atoms with E-state index in [-0.39, 0.29) is 54.6 Å². The number of fused-ring (bicyclic) bond motifs is 1. The highest BCUT2D eigenvalue weighted by Crippen LogP contribution is 2.30. The summed E-state index contributed by atoms with van der Waals surface area (Å²) >= 11 is 0. The number of nitrogens with zero attached hydrogens (tertiary/aromatic N) is 3. The van der Waals surface area contributed by atoms with Crippen LogP contribution < -0.4 is 14.8 Å². The van der Waals surface area contributed by atoms with Crippen LogP contribution in [0, 0.1) is 19.8 Å². The number of ether oxygens (including phenoxy) is 1. The van der Waals surface area contributed by atoms with Gasteiger partial charge in [-0.05, 0) is 51.1 Å². The number of likely N-dealkylation sites (N-methyl/N-ethyl adjacent to an activating group) is 1. The van der Waals surface area contributed by atoms with E-state index in [0.29, 0.717) is 28.5 Å². The Morgan fingerprint density at radius 3 is 2.57 bits per heavy atom. The van der Waals surface area contributed by atoms with Crippen LogP contribution in [0.2, 0.25) is 0 Å². The molecule has 3 N–H and O–H groups in total. The molecule has 0 saturated heterocycles. The molecule has 0 fully saturated rings. The molecule has 4 rings (SSSR count). The van der Waals surface area contributed by atoms with Crippen LogP contribution in [0.4, 0.5) is 16.2 Å². The van der Waals surface area contributed by atoms with E-state index in [9.17, 15) is 23.1 Å². The first kappa shape index (κ1) is 30.8. The lowest BCUT2D eigenvalue weighted by molar-refractivity contribution is -0.134. The Labute approximate surface area is 245 Å². The number of nitrogens with one attached hydrogen (secondary N) is 2. The number of aromatic nitrogens is 1. The van der Waals surface area contributed by atoms with Gasteiger partial charge in [-0.1, -0.05) is 30.3 Å². The summed E-state index contributed by atoms with van der Waals surface area (Å²) in [5.74, 6) is 0.419. The van der Waals surface area contributed by atoms with Gasteiger partial charge >= 0.3 is 6.03 Å². The van der Waals surface area contributed by atoms with E-state index < -0.39 is 22.2 Å². The summed E-state index contributed by atoms with van der Waals surface area (Å²) in [5.41, 5.74) is 1.81. The molecule has 3 amide bonds. The van der Waals surface area contributed by atoms with Gasteiger partial charge in [0.2, 0.25) is 5.91 Å². The predicted octanol–water partition coefficient (Wildman–Crippen LogP) is 3.41. The van der Waals surface area contributed by atoms with Gasteiger partial charge in [0, 0.05) is 30.8 Å². The smallest absolute Gasteiger partial charge is 0.321 e. The number of hydrogen-bond donors (Lipinski definition) is 3. The van der Waals surface area contributed by atoms with Crippen LogP contribution in [0.5, 0.6) is 5.75 Å². The second-order valence-corrected chi connectivity index (χ2v) is 12.3. The van der Waals surface area contributed by atoms with E-state index in [1.54, 1.807) is 69.1 Å². The number of rotatable bonds is 8. The number of aryl methyl sites for hydroxylation is 2. The fourth-order valence-electron chi connectivity index (χ4n) is 4.74. The third-order valence-corrected chi connectivity index (χ3v) is 8.69. The van der Waals surface area contributed by atoms with E-state index in [0.717, 1.165) is 0 Å². The lowest BCUT2D eigenvalue weighted by atomic mass is 10.0. The van der Waals surface area contributed by atoms with Crippen LogP contribution in [0.15, 0.2) is 57.9 Å². The fraction of sp³-hybridized carbons (Fsp3) is 0.414. The number of benzene rings is 2. The maximum atomic E-state index is 13.5. The highest BCUT2D eigenvalue weighted by Gasteiger charge is 2.32. The van der Waals surface area contributed by atoms with Gasteiger partial charge < -0.3 is 29.5 Å². The Morgan fingerprint density at radius 1 is 1.21 bits per heavy atom. The molecule has 0 bridgehead atoms. The first-order chi connectivity index (χ1) is 19.9. The number of aliphatic hydroxyl groups is 1. The van der Waals surface area contributed by atoms with Crippen LogP contribution in [-0.2, 0) is 21.2 Å². The van der Waals surface area contributed by atoms with Crippen LogP contribution in [0.3, 0.4) is 0 Å². The van der Waals surface area contributed by atoms with Crippen molar-refractivity contribution in [3.63, 3.8) is 0 Å². The Kier molecular flexibility index (Phi) is 9.42. The molecule has 13 heteroatoms. The molecule has 0 aliphatic carbocycles. The molecule has 0 unspecified atom stereocenters. The molecule has 2 heterocycles. The van der Waals surface area contributed by atoms with Gasteiger partial charge in [0.1, 0.15) is 23.2 Å². The van der Waals surface area contributed by atoms with Crippen molar-refractivity contribution >= 4 is 33.3 Å². The zero-order valence-electron chi connectivity index (χ0n) is 24.3.